The molecule has 0 radical (unpaired) electrons. The van der Waals surface area contributed by atoms with E-state index in [-0.39, 0.29) is 5.91 Å². The molecular weight excluding hydrogens is 318 g/mol. The van der Waals surface area contributed by atoms with Crippen LogP contribution in [0.25, 0.3) is 0 Å². The minimum absolute atomic E-state index is 0.0567. The van der Waals surface area contributed by atoms with Crippen molar-refractivity contribution in [3.05, 3.63) is 35.9 Å². The van der Waals surface area contributed by atoms with E-state index in [1.165, 1.54) is 0 Å². The van der Waals surface area contributed by atoms with Crippen LogP contribution in [0.15, 0.2) is 35.3 Å². The van der Waals surface area contributed by atoms with Gasteiger partial charge in [-0.2, -0.15) is 0 Å². The number of nitrogens with zero attached hydrogens (tertiary/aromatic N) is 2. The minimum atomic E-state index is -0.0567. The molecule has 1 heterocycles. The number of carbonyl (C=O) groups excluding carboxylic acids is 1. The van der Waals surface area contributed by atoms with Crippen molar-refractivity contribution >= 4 is 11.9 Å². The van der Waals surface area contributed by atoms with Crippen LogP contribution in [0.3, 0.4) is 0 Å². The summed E-state index contributed by atoms with van der Waals surface area (Å²) in [6, 6.07) is 9.19. The number of hydrogen-bond donors (Lipinski definition) is 3. The maximum Gasteiger partial charge on any atom is 0.251 e. The van der Waals surface area contributed by atoms with Crippen molar-refractivity contribution in [3.63, 3.8) is 0 Å². The Balaban J connectivity index is 1.49. The second-order valence-corrected chi connectivity index (χ2v) is 5.98. The molecule has 0 aromatic heterocycles. The Morgan fingerprint density at radius 3 is 2.60 bits per heavy atom. The molecule has 0 atom stereocenters. The van der Waals surface area contributed by atoms with E-state index < -0.39 is 0 Å². The largest absolute Gasteiger partial charge is 0.379 e. The highest BCUT2D eigenvalue weighted by atomic mass is 16.5. The molecule has 1 aliphatic rings. The molecule has 7 nitrogen and oxygen atoms in total. The summed E-state index contributed by atoms with van der Waals surface area (Å²) in [6.07, 6.45) is 1.79. The number of ether oxygens (including phenoxy) is 1. The fourth-order valence-electron chi connectivity index (χ4n) is 2.57. The normalized spacial score (nSPS) is 15.8. The third-order valence-corrected chi connectivity index (χ3v) is 4.00. The Morgan fingerprint density at radius 1 is 1.12 bits per heavy atom. The number of nitrogens with one attached hydrogen (secondary N) is 2. The third-order valence-electron chi connectivity index (χ3n) is 4.00. The first-order chi connectivity index (χ1) is 12.3. The average Bonchev–Trinajstić information content (AvgIpc) is 2.66. The maximum absolute atomic E-state index is 11.9. The number of morpholine rings is 1. The Labute approximate surface area is 149 Å². The Morgan fingerprint density at radius 2 is 1.84 bits per heavy atom. The van der Waals surface area contributed by atoms with E-state index in [1.54, 1.807) is 12.1 Å². The van der Waals surface area contributed by atoms with E-state index in [9.17, 15) is 4.79 Å². The van der Waals surface area contributed by atoms with Gasteiger partial charge in [-0.15, -0.1) is 0 Å². The zero-order valence-corrected chi connectivity index (χ0v) is 14.7. The number of rotatable bonds is 9. The van der Waals surface area contributed by atoms with Gasteiger partial charge in [-0.05, 0) is 31.5 Å². The van der Waals surface area contributed by atoms with Crippen LogP contribution in [-0.4, -0.2) is 69.2 Å². The molecule has 4 N–H and O–H groups in total. The smallest absolute Gasteiger partial charge is 0.251 e. The van der Waals surface area contributed by atoms with Crippen LogP contribution < -0.4 is 16.4 Å². The monoisotopic (exact) mass is 347 g/mol. The lowest BCUT2D eigenvalue weighted by Crippen LogP contribution is -2.39. The van der Waals surface area contributed by atoms with Crippen molar-refractivity contribution in [2.45, 2.75) is 12.8 Å². The highest BCUT2D eigenvalue weighted by Gasteiger charge is 2.09. The number of hydrogen-bond acceptors (Lipinski definition) is 4. The lowest BCUT2D eigenvalue weighted by atomic mass is 10.2. The summed E-state index contributed by atoms with van der Waals surface area (Å²) >= 11 is 0. The van der Waals surface area contributed by atoms with E-state index in [4.69, 9.17) is 10.5 Å². The SMILES string of the molecule is NC(=NCCCNC(=O)c1ccccc1)NCCCN1CCOCC1. The van der Waals surface area contributed by atoms with Crippen molar-refractivity contribution in [2.24, 2.45) is 10.7 Å². The first-order valence-electron chi connectivity index (χ1n) is 8.93. The minimum Gasteiger partial charge on any atom is -0.379 e. The van der Waals surface area contributed by atoms with E-state index >= 15 is 0 Å². The van der Waals surface area contributed by atoms with Gasteiger partial charge in [-0.1, -0.05) is 18.2 Å². The molecule has 0 bridgehead atoms. The second-order valence-electron chi connectivity index (χ2n) is 5.98. The van der Waals surface area contributed by atoms with Crippen LogP contribution in [0.1, 0.15) is 23.2 Å². The first kappa shape index (κ1) is 19.2. The molecule has 0 unspecified atom stereocenters. The van der Waals surface area contributed by atoms with Crippen LogP contribution in [0.2, 0.25) is 0 Å². The van der Waals surface area contributed by atoms with Crippen LogP contribution in [0, 0.1) is 0 Å². The van der Waals surface area contributed by atoms with Gasteiger partial charge in [0.2, 0.25) is 0 Å². The van der Waals surface area contributed by atoms with Crippen molar-refractivity contribution in [3.8, 4) is 0 Å². The summed E-state index contributed by atoms with van der Waals surface area (Å²) in [5, 5.41) is 6.01. The molecule has 7 heteroatoms. The van der Waals surface area contributed by atoms with Gasteiger partial charge in [-0.3, -0.25) is 14.7 Å². The third kappa shape index (κ3) is 8.00. The lowest BCUT2D eigenvalue weighted by molar-refractivity contribution is 0.0376. The van der Waals surface area contributed by atoms with Gasteiger partial charge in [-0.25, -0.2) is 0 Å². The van der Waals surface area contributed by atoms with Crippen molar-refractivity contribution in [1.82, 2.24) is 15.5 Å². The molecule has 1 fully saturated rings. The van der Waals surface area contributed by atoms with Gasteiger partial charge in [0.05, 0.1) is 13.2 Å². The fraction of sp³-hybridized carbons (Fsp3) is 0.556. The zero-order valence-electron chi connectivity index (χ0n) is 14.7. The van der Waals surface area contributed by atoms with Gasteiger partial charge >= 0.3 is 0 Å². The molecule has 1 aromatic carbocycles. The molecule has 1 aromatic rings. The van der Waals surface area contributed by atoms with Gasteiger partial charge in [0.15, 0.2) is 5.96 Å². The molecule has 1 aliphatic heterocycles. The molecular formula is C18H29N5O2. The van der Waals surface area contributed by atoms with Crippen LogP contribution in [-0.2, 0) is 4.74 Å². The lowest BCUT2D eigenvalue weighted by Gasteiger charge is -2.26. The molecule has 0 saturated carbocycles. The Bertz CT molecular complexity index is 530. The van der Waals surface area contributed by atoms with E-state index in [2.05, 4.69) is 20.5 Å². The summed E-state index contributed by atoms with van der Waals surface area (Å²) < 4.78 is 5.33. The molecule has 1 saturated heterocycles. The van der Waals surface area contributed by atoms with Crippen molar-refractivity contribution in [1.29, 1.82) is 0 Å². The standard InChI is InChI=1S/C18H29N5O2/c19-18(22-10-5-11-23-12-14-25-15-13-23)21-9-4-8-20-17(24)16-6-2-1-3-7-16/h1-3,6-7H,4-5,8-15H2,(H,20,24)(H3,19,21,22). The van der Waals surface area contributed by atoms with Crippen molar-refractivity contribution in [2.75, 3.05) is 52.5 Å². The summed E-state index contributed by atoms with van der Waals surface area (Å²) in [5.41, 5.74) is 6.52. The number of amides is 1. The number of aliphatic imine (C=N–C) groups is 1. The predicted molar refractivity (Wildman–Crippen MR) is 99.8 cm³/mol. The van der Waals surface area contributed by atoms with Crippen LogP contribution >= 0.6 is 0 Å². The van der Waals surface area contributed by atoms with E-state index in [0.29, 0.717) is 24.6 Å². The quantitative estimate of drug-likeness (QED) is 0.342. The zero-order chi connectivity index (χ0) is 17.7. The topological polar surface area (TPSA) is 92.0 Å². The number of carbonyl (C=O) groups is 1. The van der Waals surface area contributed by atoms with E-state index in [0.717, 1.165) is 52.2 Å². The summed E-state index contributed by atoms with van der Waals surface area (Å²) in [6.45, 7) is 6.73. The molecule has 138 valence electrons. The number of benzene rings is 1. The second kappa shape index (κ2) is 11.4. The number of nitrogens with two attached hydrogens (primary N) is 1. The van der Waals surface area contributed by atoms with Crippen LogP contribution in [0.5, 0.6) is 0 Å². The summed E-state index contributed by atoms with van der Waals surface area (Å²) in [4.78, 5) is 18.5. The van der Waals surface area contributed by atoms with Gasteiger partial charge < -0.3 is 21.1 Å². The molecule has 0 spiro atoms. The summed E-state index contributed by atoms with van der Waals surface area (Å²) in [5.74, 6) is 0.412. The Hall–Kier alpha value is -2.12. The molecule has 2 rings (SSSR count). The molecule has 1 amide bonds. The van der Waals surface area contributed by atoms with Crippen molar-refractivity contribution < 1.29 is 9.53 Å². The van der Waals surface area contributed by atoms with Gasteiger partial charge in [0, 0.05) is 38.3 Å². The average molecular weight is 347 g/mol. The van der Waals surface area contributed by atoms with Crippen LogP contribution in [0.4, 0.5) is 0 Å². The predicted octanol–water partition coefficient (Wildman–Crippen LogP) is 0.433. The summed E-state index contributed by atoms with van der Waals surface area (Å²) in [7, 11) is 0. The van der Waals surface area contributed by atoms with E-state index in [1.807, 2.05) is 18.2 Å². The number of guanidine groups is 1. The molecule has 25 heavy (non-hydrogen) atoms. The maximum atomic E-state index is 11.9. The highest BCUT2D eigenvalue weighted by Crippen LogP contribution is 1.98. The molecule has 0 aliphatic carbocycles. The fourth-order valence-corrected chi connectivity index (χ4v) is 2.57. The Kier molecular flexibility index (Phi) is 8.79. The van der Waals surface area contributed by atoms with Gasteiger partial charge in [0.25, 0.3) is 5.91 Å². The highest BCUT2D eigenvalue weighted by molar-refractivity contribution is 5.94. The van der Waals surface area contributed by atoms with Gasteiger partial charge in [0.1, 0.15) is 0 Å². The first-order valence-corrected chi connectivity index (χ1v) is 8.93.